The first kappa shape index (κ1) is 15.0. The van der Waals surface area contributed by atoms with E-state index in [1.807, 2.05) is 0 Å². The molecule has 0 atom stereocenters. The molecule has 0 bridgehead atoms. The molecule has 104 valence electrons. The highest BCUT2D eigenvalue weighted by Crippen LogP contribution is 2.16. The first-order valence-electron chi connectivity index (χ1n) is 6.46. The minimum absolute atomic E-state index is 0.403. The largest absolute Gasteiger partial charge is 0.478 e. The fourth-order valence-corrected chi connectivity index (χ4v) is 2.12. The van der Waals surface area contributed by atoms with E-state index in [1.165, 1.54) is 0 Å². The fourth-order valence-electron chi connectivity index (χ4n) is 1.36. The molecule has 0 fully saturated rings. The van der Waals surface area contributed by atoms with Gasteiger partial charge in [-0.2, -0.15) is 5.10 Å². The summed E-state index contributed by atoms with van der Waals surface area (Å²) in [6, 6.07) is 2.88. The second-order valence-corrected chi connectivity index (χ2v) is 11.2. The van der Waals surface area contributed by atoms with Gasteiger partial charge in [-0.15, -0.1) is 0 Å². The minimum atomic E-state index is -1.04. The van der Waals surface area contributed by atoms with E-state index in [1.54, 1.807) is 10.7 Å². The van der Waals surface area contributed by atoms with Crippen LogP contribution in [0.1, 0.15) is 13.3 Å². The highest BCUT2D eigenvalue weighted by molar-refractivity contribution is 6.76. The van der Waals surface area contributed by atoms with Crippen molar-refractivity contribution in [3.63, 3.8) is 0 Å². The van der Waals surface area contributed by atoms with Gasteiger partial charge in [0.05, 0.1) is 6.61 Å². The molecule has 0 saturated carbocycles. The molecule has 0 aliphatic heterocycles. The minimum Gasteiger partial charge on any atom is -0.478 e. The van der Waals surface area contributed by atoms with Gasteiger partial charge in [-0.3, -0.25) is 0 Å². The summed E-state index contributed by atoms with van der Waals surface area (Å²) in [7, 11) is -1.04. The van der Waals surface area contributed by atoms with Crippen molar-refractivity contribution >= 4 is 13.9 Å². The van der Waals surface area contributed by atoms with Crippen molar-refractivity contribution in [1.29, 1.82) is 0 Å². The number of hydrogen-bond donors (Lipinski definition) is 1. The van der Waals surface area contributed by atoms with Gasteiger partial charge in [0.2, 0.25) is 5.88 Å². The van der Waals surface area contributed by atoms with Crippen molar-refractivity contribution in [1.82, 2.24) is 9.78 Å². The van der Waals surface area contributed by atoms with Crippen LogP contribution in [0.3, 0.4) is 0 Å². The first-order chi connectivity index (χ1) is 8.42. The standard InChI is InChI=1S/C12H25N3O2Si/c1-5-6-17-12-9-11(13)14-15(12)10-16-7-8-18(2,3)4/h9H,5-8,10H2,1-4H3,(H2,13,14). The quantitative estimate of drug-likeness (QED) is 0.583. The maximum atomic E-state index is 5.66. The zero-order chi connectivity index (χ0) is 13.6. The second-order valence-electron chi connectivity index (χ2n) is 5.60. The Morgan fingerprint density at radius 3 is 2.67 bits per heavy atom. The van der Waals surface area contributed by atoms with Gasteiger partial charge in [0.15, 0.2) is 0 Å². The van der Waals surface area contributed by atoms with Crippen LogP contribution in [0.15, 0.2) is 6.07 Å². The van der Waals surface area contributed by atoms with Crippen LogP contribution in [0.2, 0.25) is 25.7 Å². The van der Waals surface area contributed by atoms with Crippen LogP contribution in [0.5, 0.6) is 5.88 Å². The van der Waals surface area contributed by atoms with Crippen LogP contribution in [0.25, 0.3) is 0 Å². The van der Waals surface area contributed by atoms with Gasteiger partial charge in [0.25, 0.3) is 0 Å². The predicted octanol–water partition coefficient (Wildman–Crippen LogP) is 2.57. The van der Waals surface area contributed by atoms with Crippen LogP contribution >= 0.6 is 0 Å². The Morgan fingerprint density at radius 2 is 2.06 bits per heavy atom. The zero-order valence-electron chi connectivity index (χ0n) is 11.9. The Kier molecular flexibility index (Phi) is 5.68. The summed E-state index contributed by atoms with van der Waals surface area (Å²) in [5.74, 6) is 1.15. The second kappa shape index (κ2) is 6.80. The summed E-state index contributed by atoms with van der Waals surface area (Å²) in [5.41, 5.74) is 5.66. The molecule has 0 radical (unpaired) electrons. The third-order valence-electron chi connectivity index (χ3n) is 2.43. The Morgan fingerprint density at radius 1 is 1.33 bits per heavy atom. The summed E-state index contributed by atoms with van der Waals surface area (Å²) >= 11 is 0. The van der Waals surface area contributed by atoms with E-state index in [2.05, 4.69) is 31.7 Å². The molecule has 0 saturated heterocycles. The molecule has 1 aromatic rings. The molecule has 1 aromatic heterocycles. The number of anilines is 1. The Balaban J connectivity index is 2.41. The van der Waals surface area contributed by atoms with Gasteiger partial charge in [0.1, 0.15) is 12.5 Å². The fraction of sp³-hybridized carbons (Fsp3) is 0.750. The van der Waals surface area contributed by atoms with Gasteiger partial charge in [0, 0.05) is 20.7 Å². The lowest BCUT2D eigenvalue weighted by Gasteiger charge is -2.15. The monoisotopic (exact) mass is 271 g/mol. The number of nitrogens with two attached hydrogens (primary N) is 1. The van der Waals surface area contributed by atoms with Crippen LogP contribution in [-0.4, -0.2) is 31.1 Å². The molecule has 0 unspecified atom stereocenters. The molecule has 6 heteroatoms. The van der Waals surface area contributed by atoms with E-state index >= 15 is 0 Å². The number of ether oxygens (including phenoxy) is 2. The molecule has 1 rings (SSSR count). The number of nitrogen functional groups attached to an aromatic ring is 1. The van der Waals surface area contributed by atoms with Gasteiger partial charge >= 0.3 is 0 Å². The highest BCUT2D eigenvalue weighted by Gasteiger charge is 2.13. The summed E-state index contributed by atoms with van der Waals surface area (Å²) < 4.78 is 12.9. The number of hydrogen-bond acceptors (Lipinski definition) is 4. The summed E-state index contributed by atoms with van der Waals surface area (Å²) in [6.45, 7) is 10.9. The van der Waals surface area contributed by atoms with Crippen LogP contribution < -0.4 is 10.5 Å². The van der Waals surface area contributed by atoms with E-state index in [9.17, 15) is 0 Å². The Bertz CT molecular complexity index is 361. The Labute approximate surface area is 110 Å². The number of aromatic nitrogens is 2. The SMILES string of the molecule is CCCOc1cc(N)nn1COCC[Si](C)(C)C. The molecule has 0 aliphatic carbocycles. The van der Waals surface area contributed by atoms with Crippen molar-refractivity contribution in [3.05, 3.63) is 6.07 Å². The van der Waals surface area contributed by atoms with Crippen LogP contribution in [-0.2, 0) is 11.5 Å². The molecule has 0 amide bonds. The average Bonchev–Trinajstić information content (AvgIpc) is 2.61. The van der Waals surface area contributed by atoms with Crippen molar-refractivity contribution < 1.29 is 9.47 Å². The maximum absolute atomic E-state index is 5.66. The number of nitrogens with zero attached hydrogens (tertiary/aromatic N) is 2. The van der Waals surface area contributed by atoms with Crippen molar-refractivity contribution in [3.8, 4) is 5.88 Å². The third kappa shape index (κ3) is 5.55. The van der Waals surface area contributed by atoms with Crippen molar-refractivity contribution in [2.24, 2.45) is 0 Å². The lowest BCUT2D eigenvalue weighted by Crippen LogP contribution is -2.22. The zero-order valence-corrected chi connectivity index (χ0v) is 12.9. The van der Waals surface area contributed by atoms with Crippen LogP contribution in [0.4, 0.5) is 5.82 Å². The maximum Gasteiger partial charge on any atom is 0.216 e. The van der Waals surface area contributed by atoms with Gasteiger partial charge < -0.3 is 15.2 Å². The topological polar surface area (TPSA) is 62.3 Å². The third-order valence-corrected chi connectivity index (χ3v) is 4.13. The summed E-state index contributed by atoms with van der Waals surface area (Å²) in [6.07, 6.45) is 0.960. The average molecular weight is 271 g/mol. The molecule has 5 nitrogen and oxygen atoms in total. The highest BCUT2D eigenvalue weighted by atomic mass is 28.3. The normalized spacial score (nSPS) is 11.8. The molecule has 0 aromatic carbocycles. The summed E-state index contributed by atoms with van der Waals surface area (Å²) in [5, 5.41) is 4.15. The number of rotatable bonds is 8. The molecule has 0 spiro atoms. The molecular formula is C12H25N3O2Si. The smallest absolute Gasteiger partial charge is 0.216 e. The van der Waals surface area contributed by atoms with E-state index in [0.717, 1.165) is 19.1 Å². The van der Waals surface area contributed by atoms with Gasteiger partial charge in [-0.05, 0) is 12.5 Å². The molecule has 0 aliphatic rings. The molecule has 1 heterocycles. The Hall–Kier alpha value is -1.01. The molecule has 18 heavy (non-hydrogen) atoms. The van der Waals surface area contributed by atoms with E-state index in [0.29, 0.717) is 25.0 Å². The molecule has 2 N–H and O–H groups in total. The van der Waals surface area contributed by atoms with Gasteiger partial charge in [-0.25, -0.2) is 4.68 Å². The van der Waals surface area contributed by atoms with E-state index in [4.69, 9.17) is 15.2 Å². The first-order valence-corrected chi connectivity index (χ1v) is 10.2. The van der Waals surface area contributed by atoms with Crippen LogP contribution in [0, 0.1) is 0 Å². The lowest BCUT2D eigenvalue weighted by atomic mass is 10.5. The lowest BCUT2D eigenvalue weighted by molar-refractivity contribution is 0.0705. The van der Waals surface area contributed by atoms with Crippen molar-refractivity contribution in [2.75, 3.05) is 18.9 Å². The van der Waals surface area contributed by atoms with E-state index < -0.39 is 8.07 Å². The predicted molar refractivity (Wildman–Crippen MR) is 76.5 cm³/mol. The van der Waals surface area contributed by atoms with Crippen molar-refractivity contribution in [2.45, 2.75) is 45.8 Å². The van der Waals surface area contributed by atoms with E-state index in [-0.39, 0.29) is 0 Å². The summed E-state index contributed by atoms with van der Waals surface area (Å²) in [4.78, 5) is 0. The van der Waals surface area contributed by atoms with Gasteiger partial charge in [-0.1, -0.05) is 26.6 Å². The molecular weight excluding hydrogens is 246 g/mol.